The van der Waals surface area contributed by atoms with E-state index in [-0.39, 0.29) is 23.6 Å². The van der Waals surface area contributed by atoms with E-state index in [9.17, 15) is 23.2 Å². The van der Waals surface area contributed by atoms with Crippen LogP contribution in [0.2, 0.25) is 0 Å². The third-order valence-corrected chi connectivity index (χ3v) is 5.90. The fourth-order valence-corrected chi connectivity index (χ4v) is 4.06. The van der Waals surface area contributed by atoms with Crippen LogP contribution in [0.1, 0.15) is 54.7 Å². The molecule has 0 spiro atoms. The highest BCUT2D eigenvalue weighted by molar-refractivity contribution is 5.99. The number of esters is 2. The van der Waals surface area contributed by atoms with Crippen LogP contribution < -0.4 is 9.47 Å². The van der Waals surface area contributed by atoms with Crippen molar-refractivity contribution >= 4 is 17.7 Å². The Balaban J connectivity index is 1.77. The Morgan fingerprint density at radius 1 is 0.949 bits per heavy atom. The Morgan fingerprint density at radius 3 is 2.10 bits per heavy atom. The molecule has 1 aromatic heterocycles. The van der Waals surface area contributed by atoms with E-state index in [0.717, 1.165) is 0 Å². The Labute approximate surface area is 224 Å². The molecule has 0 fully saturated rings. The lowest BCUT2D eigenvalue weighted by molar-refractivity contribution is -0.153. The Kier molecular flexibility index (Phi) is 10.1. The summed E-state index contributed by atoms with van der Waals surface area (Å²) in [5.41, 5.74) is 0.895. The maximum absolute atomic E-state index is 14.0. The zero-order valence-electron chi connectivity index (χ0n) is 22.0. The van der Waals surface area contributed by atoms with E-state index in [2.05, 4.69) is 4.98 Å². The first-order valence-electron chi connectivity index (χ1n) is 12.1. The zero-order chi connectivity index (χ0) is 28.5. The minimum Gasteiger partial charge on any atom is -0.493 e. The number of benzene rings is 2. The van der Waals surface area contributed by atoms with Crippen molar-refractivity contribution in [1.82, 2.24) is 4.98 Å². The number of hydrogen-bond donors (Lipinski definition) is 0. The summed E-state index contributed by atoms with van der Waals surface area (Å²) in [5, 5.41) is 0. The molecule has 0 unspecified atom stereocenters. The highest BCUT2D eigenvalue weighted by Crippen LogP contribution is 2.33. The molecule has 3 rings (SSSR count). The van der Waals surface area contributed by atoms with Gasteiger partial charge < -0.3 is 18.9 Å². The molecule has 206 valence electrons. The minimum atomic E-state index is -0.894. The van der Waals surface area contributed by atoms with Gasteiger partial charge in [0.25, 0.3) is 0 Å². The number of Topliss-reactive ketones (excluding diaryl/α,β-unsaturated/α-hetero) is 1. The average molecular weight is 542 g/mol. The largest absolute Gasteiger partial charge is 0.493 e. The van der Waals surface area contributed by atoms with Gasteiger partial charge in [-0.25, -0.2) is 13.8 Å². The quantitative estimate of drug-likeness (QED) is 0.174. The van der Waals surface area contributed by atoms with Gasteiger partial charge in [-0.2, -0.15) is 0 Å². The number of pyridine rings is 1. The minimum absolute atomic E-state index is 0.0301. The van der Waals surface area contributed by atoms with E-state index >= 15 is 0 Å². The maximum Gasteiger partial charge on any atom is 0.309 e. The van der Waals surface area contributed by atoms with Crippen molar-refractivity contribution in [2.75, 3.05) is 13.9 Å². The van der Waals surface area contributed by atoms with Crippen molar-refractivity contribution in [3.8, 4) is 11.5 Å². The van der Waals surface area contributed by atoms with Gasteiger partial charge in [0.1, 0.15) is 17.7 Å². The number of carbonyl (C=O) groups is 3. The topological polar surface area (TPSA) is 101 Å². The molecule has 0 N–H and O–H groups in total. The van der Waals surface area contributed by atoms with Gasteiger partial charge in [-0.1, -0.05) is 31.2 Å². The predicted octanol–water partition coefficient (Wildman–Crippen LogP) is 5.24. The van der Waals surface area contributed by atoms with E-state index in [1.807, 2.05) is 0 Å². The summed E-state index contributed by atoms with van der Waals surface area (Å²) < 4.78 is 49.1. The molecule has 0 bridgehead atoms. The second-order valence-corrected chi connectivity index (χ2v) is 8.85. The summed E-state index contributed by atoms with van der Waals surface area (Å²) in [6.45, 7) is 3.88. The van der Waals surface area contributed by atoms with Crippen LogP contribution in [0.15, 0.2) is 60.8 Å². The molecule has 0 aliphatic rings. The highest BCUT2D eigenvalue weighted by Gasteiger charge is 2.29. The number of ether oxygens (including phenoxy) is 4. The van der Waals surface area contributed by atoms with Crippen LogP contribution in [0.3, 0.4) is 0 Å². The van der Waals surface area contributed by atoms with Gasteiger partial charge in [0.15, 0.2) is 23.0 Å². The van der Waals surface area contributed by atoms with Crippen LogP contribution in [0, 0.1) is 17.6 Å². The van der Waals surface area contributed by atoms with Gasteiger partial charge in [-0.05, 0) is 42.3 Å². The van der Waals surface area contributed by atoms with Crippen LogP contribution in [-0.4, -0.2) is 42.7 Å². The molecule has 0 amide bonds. The number of halogens is 2. The summed E-state index contributed by atoms with van der Waals surface area (Å²) in [5.74, 6) is -4.15. The van der Waals surface area contributed by atoms with Gasteiger partial charge in [-0.3, -0.25) is 14.4 Å². The Morgan fingerprint density at radius 2 is 1.56 bits per heavy atom. The summed E-state index contributed by atoms with van der Waals surface area (Å²) in [6.07, 6.45) is 0.245. The highest BCUT2D eigenvalue weighted by atomic mass is 19.1. The molecule has 2 atom stereocenters. The third kappa shape index (κ3) is 7.83. The van der Waals surface area contributed by atoms with Crippen LogP contribution in [0.25, 0.3) is 0 Å². The predicted molar refractivity (Wildman–Crippen MR) is 136 cm³/mol. The monoisotopic (exact) mass is 541 g/mol. The SMILES string of the molecule is COc1ccnc(C(=O)C[C@@H](C)C(=O)O[C@@H](C)C(c2cccc(F)c2)c2cccc(F)c2)c1OCOC(C)=O. The summed E-state index contributed by atoms with van der Waals surface area (Å²) >= 11 is 0. The van der Waals surface area contributed by atoms with Crippen molar-refractivity contribution < 1.29 is 42.1 Å². The molecule has 10 heteroatoms. The lowest BCUT2D eigenvalue weighted by atomic mass is 9.87. The van der Waals surface area contributed by atoms with Gasteiger partial charge in [0, 0.05) is 31.5 Å². The number of aromatic nitrogens is 1. The number of rotatable bonds is 12. The first-order chi connectivity index (χ1) is 18.6. The van der Waals surface area contributed by atoms with E-state index in [1.165, 1.54) is 69.6 Å². The van der Waals surface area contributed by atoms with Crippen molar-refractivity contribution in [3.63, 3.8) is 0 Å². The first-order valence-corrected chi connectivity index (χ1v) is 12.1. The van der Waals surface area contributed by atoms with E-state index in [4.69, 9.17) is 18.9 Å². The van der Waals surface area contributed by atoms with Crippen LogP contribution in [-0.2, 0) is 19.1 Å². The van der Waals surface area contributed by atoms with Crippen molar-refractivity contribution in [2.24, 2.45) is 5.92 Å². The fraction of sp³-hybridized carbons (Fsp3) is 0.310. The second kappa shape index (κ2) is 13.5. The lowest BCUT2D eigenvalue weighted by Gasteiger charge is -2.26. The first kappa shape index (κ1) is 29.2. The summed E-state index contributed by atoms with van der Waals surface area (Å²) in [7, 11) is 1.37. The molecule has 2 aromatic carbocycles. The molecule has 0 radical (unpaired) electrons. The summed E-state index contributed by atoms with van der Waals surface area (Å²) in [6, 6.07) is 13.0. The van der Waals surface area contributed by atoms with Gasteiger partial charge in [0.05, 0.1) is 13.0 Å². The number of carbonyl (C=O) groups excluding carboxylic acids is 3. The fourth-order valence-electron chi connectivity index (χ4n) is 4.06. The van der Waals surface area contributed by atoms with Crippen molar-refractivity contribution in [2.45, 2.75) is 39.2 Å². The summed E-state index contributed by atoms with van der Waals surface area (Å²) in [4.78, 5) is 41.2. The molecule has 3 aromatic rings. The second-order valence-electron chi connectivity index (χ2n) is 8.85. The number of methoxy groups -OCH3 is 1. The molecule has 0 saturated heterocycles. The van der Waals surface area contributed by atoms with Gasteiger partial charge in [0.2, 0.25) is 6.79 Å². The maximum atomic E-state index is 14.0. The molecule has 0 saturated carbocycles. The van der Waals surface area contributed by atoms with E-state index < -0.39 is 54.1 Å². The Bertz CT molecular complexity index is 1280. The molecule has 8 nitrogen and oxygen atoms in total. The third-order valence-electron chi connectivity index (χ3n) is 5.90. The van der Waals surface area contributed by atoms with Crippen molar-refractivity contribution in [1.29, 1.82) is 0 Å². The van der Waals surface area contributed by atoms with Crippen LogP contribution in [0.5, 0.6) is 11.5 Å². The van der Waals surface area contributed by atoms with E-state index in [0.29, 0.717) is 11.1 Å². The molecule has 1 heterocycles. The average Bonchev–Trinajstić information content (AvgIpc) is 2.88. The lowest BCUT2D eigenvalue weighted by Crippen LogP contribution is -2.28. The van der Waals surface area contributed by atoms with Crippen LogP contribution in [0.4, 0.5) is 8.78 Å². The van der Waals surface area contributed by atoms with Crippen LogP contribution >= 0.6 is 0 Å². The van der Waals surface area contributed by atoms with E-state index in [1.54, 1.807) is 19.1 Å². The zero-order valence-corrected chi connectivity index (χ0v) is 22.0. The Hall–Kier alpha value is -4.34. The van der Waals surface area contributed by atoms with Gasteiger partial charge in [-0.15, -0.1) is 0 Å². The molecular formula is C29H29F2NO7. The smallest absolute Gasteiger partial charge is 0.309 e. The molecular weight excluding hydrogens is 512 g/mol. The van der Waals surface area contributed by atoms with Gasteiger partial charge >= 0.3 is 11.9 Å². The standard InChI is InChI=1S/C29H29F2NO7/c1-17(13-24(34)27-28(38-16-37-19(3)33)25(36-4)11-12-32-27)29(35)39-18(2)26(20-7-5-9-22(30)14-20)21-8-6-10-23(31)15-21/h5-12,14-15,17-18,26H,13,16H2,1-4H3/t17-,18+/m1/s1. The number of hydrogen-bond acceptors (Lipinski definition) is 8. The number of ketones is 1. The number of nitrogens with zero attached hydrogens (tertiary/aromatic N) is 1. The molecule has 0 aliphatic carbocycles. The van der Waals surface area contributed by atoms with Crippen molar-refractivity contribution in [3.05, 3.63) is 89.2 Å². The molecule has 39 heavy (non-hydrogen) atoms. The normalized spacial score (nSPS) is 12.4. The molecule has 0 aliphatic heterocycles.